The number of likely N-dealkylation sites (N-methyl/N-ethyl adjacent to an activating group) is 2. The lowest BCUT2D eigenvalue weighted by Gasteiger charge is -2.29. The summed E-state index contributed by atoms with van der Waals surface area (Å²) in [6.07, 6.45) is 4.25. The SMILES string of the molecule is CCN(CCNC)CCN1CCCCC1. The van der Waals surface area contributed by atoms with Crippen LogP contribution in [0.25, 0.3) is 0 Å². The topological polar surface area (TPSA) is 18.5 Å². The minimum Gasteiger partial charge on any atom is -0.318 e. The third-order valence-electron chi connectivity index (χ3n) is 3.31. The van der Waals surface area contributed by atoms with Crippen LogP contribution in [0.4, 0.5) is 0 Å². The van der Waals surface area contributed by atoms with Crippen molar-refractivity contribution in [3.05, 3.63) is 0 Å². The zero-order chi connectivity index (χ0) is 10.9. The first-order valence-corrected chi connectivity index (χ1v) is 6.46. The number of piperidine rings is 1. The molecule has 0 aromatic carbocycles. The summed E-state index contributed by atoms with van der Waals surface area (Å²) in [5.41, 5.74) is 0. The van der Waals surface area contributed by atoms with Crippen molar-refractivity contribution in [2.75, 3.05) is 52.9 Å². The molecular weight excluding hydrogens is 186 g/mol. The maximum Gasteiger partial charge on any atom is 0.0110 e. The molecule has 0 spiro atoms. The van der Waals surface area contributed by atoms with Crippen molar-refractivity contribution >= 4 is 0 Å². The molecule has 1 rings (SSSR count). The number of nitrogens with one attached hydrogen (secondary N) is 1. The lowest BCUT2D eigenvalue weighted by Crippen LogP contribution is -2.39. The molecule has 1 aliphatic rings. The van der Waals surface area contributed by atoms with Gasteiger partial charge in [0, 0.05) is 26.2 Å². The zero-order valence-electron chi connectivity index (χ0n) is 10.5. The fraction of sp³-hybridized carbons (Fsp3) is 1.00. The number of likely N-dealkylation sites (tertiary alicyclic amines) is 1. The molecule has 1 heterocycles. The number of rotatable bonds is 7. The predicted molar refractivity (Wildman–Crippen MR) is 66.3 cm³/mol. The molecule has 15 heavy (non-hydrogen) atoms. The van der Waals surface area contributed by atoms with Crippen molar-refractivity contribution in [1.82, 2.24) is 15.1 Å². The van der Waals surface area contributed by atoms with Gasteiger partial charge in [-0.1, -0.05) is 13.3 Å². The largest absolute Gasteiger partial charge is 0.318 e. The first-order chi connectivity index (χ1) is 7.36. The van der Waals surface area contributed by atoms with Gasteiger partial charge in [-0.15, -0.1) is 0 Å². The van der Waals surface area contributed by atoms with Gasteiger partial charge in [-0.2, -0.15) is 0 Å². The van der Waals surface area contributed by atoms with Crippen molar-refractivity contribution < 1.29 is 0 Å². The molecule has 3 heteroatoms. The Bertz CT molecular complexity index is 144. The molecular formula is C12H27N3. The lowest BCUT2D eigenvalue weighted by molar-refractivity contribution is 0.186. The standard InChI is InChI=1S/C12H27N3/c1-3-14(10-7-13-2)11-12-15-8-5-4-6-9-15/h13H,3-12H2,1-2H3. The summed E-state index contributed by atoms with van der Waals surface area (Å²) >= 11 is 0. The average molecular weight is 213 g/mol. The van der Waals surface area contributed by atoms with Gasteiger partial charge in [-0.25, -0.2) is 0 Å². The number of nitrogens with zero attached hydrogens (tertiary/aromatic N) is 2. The highest BCUT2D eigenvalue weighted by Gasteiger charge is 2.10. The Morgan fingerprint density at radius 2 is 1.87 bits per heavy atom. The highest BCUT2D eigenvalue weighted by Crippen LogP contribution is 2.07. The first kappa shape index (κ1) is 12.9. The van der Waals surface area contributed by atoms with E-state index in [1.165, 1.54) is 58.5 Å². The summed E-state index contributed by atoms with van der Waals surface area (Å²) in [5.74, 6) is 0. The van der Waals surface area contributed by atoms with Gasteiger partial charge in [0.15, 0.2) is 0 Å². The molecule has 0 saturated carbocycles. The third-order valence-corrected chi connectivity index (χ3v) is 3.31. The van der Waals surface area contributed by atoms with Crippen LogP contribution in [-0.2, 0) is 0 Å². The van der Waals surface area contributed by atoms with Crippen LogP contribution in [0.5, 0.6) is 0 Å². The summed E-state index contributed by atoms with van der Waals surface area (Å²) < 4.78 is 0. The van der Waals surface area contributed by atoms with E-state index in [2.05, 4.69) is 22.0 Å². The van der Waals surface area contributed by atoms with Crippen molar-refractivity contribution in [3.63, 3.8) is 0 Å². The zero-order valence-corrected chi connectivity index (χ0v) is 10.5. The van der Waals surface area contributed by atoms with E-state index in [0.717, 1.165) is 6.54 Å². The fourth-order valence-corrected chi connectivity index (χ4v) is 2.16. The van der Waals surface area contributed by atoms with Crippen molar-refractivity contribution in [1.29, 1.82) is 0 Å². The van der Waals surface area contributed by atoms with Crippen molar-refractivity contribution in [2.45, 2.75) is 26.2 Å². The van der Waals surface area contributed by atoms with Crippen LogP contribution >= 0.6 is 0 Å². The van der Waals surface area contributed by atoms with E-state index >= 15 is 0 Å². The second kappa shape index (κ2) is 8.08. The molecule has 1 saturated heterocycles. The van der Waals surface area contributed by atoms with Gasteiger partial charge < -0.3 is 15.1 Å². The molecule has 0 aromatic heterocycles. The molecule has 0 amide bonds. The maximum absolute atomic E-state index is 3.22. The van der Waals surface area contributed by atoms with E-state index in [4.69, 9.17) is 0 Å². The highest BCUT2D eigenvalue weighted by atomic mass is 15.2. The van der Waals surface area contributed by atoms with Crippen LogP contribution in [0, 0.1) is 0 Å². The summed E-state index contributed by atoms with van der Waals surface area (Å²) in [7, 11) is 2.03. The van der Waals surface area contributed by atoms with Crippen LogP contribution in [0.1, 0.15) is 26.2 Å². The molecule has 0 unspecified atom stereocenters. The van der Waals surface area contributed by atoms with E-state index in [9.17, 15) is 0 Å². The molecule has 3 nitrogen and oxygen atoms in total. The van der Waals surface area contributed by atoms with Gasteiger partial charge in [0.1, 0.15) is 0 Å². The van der Waals surface area contributed by atoms with Crippen molar-refractivity contribution in [3.8, 4) is 0 Å². The maximum atomic E-state index is 3.22. The molecule has 0 atom stereocenters. The van der Waals surface area contributed by atoms with Crippen LogP contribution in [0.2, 0.25) is 0 Å². The van der Waals surface area contributed by atoms with Gasteiger partial charge in [-0.05, 0) is 39.5 Å². The Labute approximate surface area is 94.8 Å². The minimum atomic E-state index is 1.10. The highest BCUT2D eigenvalue weighted by molar-refractivity contribution is 4.67. The van der Waals surface area contributed by atoms with Crippen LogP contribution in [0.3, 0.4) is 0 Å². The Balaban J connectivity index is 2.09. The Hall–Kier alpha value is -0.120. The van der Waals surface area contributed by atoms with E-state index in [0.29, 0.717) is 0 Å². The first-order valence-electron chi connectivity index (χ1n) is 6.46. The van der Waals surface area contributed by atoms with Crippen LogP contribution < -0.4 is 5.32 Å². The quantitative estimate of drug-likeness (QED) is 0.681. The van der Waals surface area contributed by atoms with E-state index in [1.807, 2.05) is 7.05 Å². The minimum absolute atomic E-state index is 1.10. The summed E-state index contributed by atoms with van der Waals surface area (Å²) in [6.45, 7) is 10.9. The Kier molecular flexibility index (Phi) is 6.98. The molecule has 1 aliphatic heterocycles. The van der Waals surface area contributed by atoms with E-state index in [-0.39, 0.29) is 0 Å². The van der Waals surface area contributed by atoms with E-state index in [1.54, 1.807) is 0 Å². The molecule has 0 aromatic rings. The fourth-order valence-electron chi connectivity index (χ4n) is 2.16. The number of hydrogen-bond acceptors (Lipinski definition) is 3. The van der Waals surface area contributed by atoms with E-state index < -0.39 is 0 Å². The normalized spacial score (nSPS) is 18.6. The molecule has 1 N–H and O–H groups in total. The molecule has 0 radical (unpaired) electrons. The lowest BCUT2D eigenvalue weighted by atomic mass is 10.1. The second-order valence-electron chi connectivity index (χ2n) is 4.44. The van der Waals surface area contributed by atoms with Crippen LogP contribution in [-0.4, -0.2) is 62.7 Å². The van der Waals surface area contributed by atoms with Gasteiger partial charge in [-0.3, -0.25) is 0 Å². The monoisotopic (exact) mass is 213 g/mol. The molecule has 0 bridgehead atoms. The molecule has 0 aliphatic carbocycles. The molecule has 90 valence electrons. The average Bonchev–Trinajstić information content (AvgIpc) is 2.31. The summed E-state index contributed by atoms with van der Waals surface area (Å²) in [6, 6.07) is 0. The molecule has 1 fully saturated rings. The Morgan fingerprint density at radius 1 is 1.13 bits per heavy atom. The van der Waals surface area contributed by atoms with Crippen molar-refractivity contribution in [2.24, 2.45) is 0 Å². The van der Waals surface area contributed by atoms with Crippen LogP contribution in [0.15, 0.2) is 0 Å². The Morgan fingerprint density at radius 3 is 2.47 bits per heavy atom. The second-order valence-corrected chi connectivity index (χ2v) is 4.44. The predicted octanol–water partition coefficient (Wildman–Crippen LogP) is 1.01. The number of hydrogen-bond donors (Lipinski definition) is 1. The summed E-state index contributed by atoms with van der Waals surface area (Å²) in [4.78, 5) is 5.15. The third kappa shape index (κ3) is 5.50. The summed E-state index contributed by atoms with van der Waals surface area (Å²) in [5, 5.41) is 3.22. The van der Waals surface area contributed by atoms with Gasteiger partial charge in [0.25, 0.3) is 0 Å². The van der Waals surface area contributed by atoms with Gasteiger partial charge in [0.2, 0.25) is 0 Å². The smallest absolute Gasteiger partial charge is 0.0110 e. The van der Waals surface area contributed by atoms with Gasteiger partial charge in [0.05, 0.1) is 0 Å². The van der Waals surface area contributed by atoms with Gasteiger partial charge >= 0.3 is 0 Å².